The molecule has 0 fully saturated rings. The Labute approximate surface area is 102 Å². The summed E-state index contributed by atoms with van der Waals surface area (Å²) in [4.78, 5) is 0.120. The van der Waals surface area contributed by atoms with Crippen LogP contribution < -0.4 is 9.88 Å². The summed E-state index contributed by atoms with van der Waals surface area (Å²) < 4.78 is 32.9. The van der Waals surface area contributed by atoms with E-state index in [1.807, 2.05) is 6.92 Å². The number of nitrogens with two attached hydrogens (primary N) is 1. The number of hydrogen-bond acceptors (Lipinski definition) is 4. The Bertz CT molecular complexity index is 470. The molecule has 0 aliphatic heterocycles. The van der Waals surface area contributed by atoms with Gasteiger partial charge in [-0.05, 0) is 37.6 Å². The summed E-state index contributed by atoms with van der Waals surface area (Å²) in [7, 11) is -3.66. The van der Waals surface area contributed by atoms with Crippen LogP contribution in [0, 0.1) is 6.92 Å². The molecule has 0 amide bonds. The maximum Gasteiger partial charge on any atom is 0.238 e. The Morgan fingerprint density at radius 3 is 2.53 bits per heavy atom. The lowest BCUT2D eigenvalue weighted by atomic mass is 10.2. The molecule has 6 heteroatoms. The average Bonchev–Trinajstić information content (AvgIpc) is 2.23. The highest BCUT2D eigenvalue weighted by atomic mass is 32.2. The number of hydrogen-bond donors (Lipinski definition) is 1. The lowest BCUT2D eigenvalue weighted by Crippen LogP contribution is -2.13. The van der Waals surface area contributed by atoms with Crippen LogP contribution in [0.25, 0.3) is 0 Å². The second-order valence-electron chi connectivity index (χ2n) is 3.52. The molecule has 0 unspecified atom stereocenters. The van der Waals surface area contributed by atoms with Gasteiger partial charge in [0.15, 0.2) is 0 Å². The Kier molecular flexibility index (Phi) is 4.92. The van der Waals surface area contributed by atoms with E-state index in [0.29, 0.717) is 31.1 Å². The molecule has 0 aliphatic carbocycles. The predicted octanol–water partition coefficient (Wildman–Crippen LogP) is 1.06. The molecule has 0 spiro atoms. The van der Waals surface area contributed by atoms with Gasteiger partial charge in [0.2, 0.25) is 10.0 Å². The van der Waals surface area contributed by atoms with Gasteiger partial charge in [0.1, 0.15) is 12.4 Å². The maximum absolute atomic E-state index is 11.2. The quantitative estimate of drug-likeness (QED) is 0.775. The number of primary sulfonamides is 1. The van der Waals surface area contributed by atoms with Crippen LogP contribution in [0.3, 0.4) is 0 Å². The first-order valence-electron chi connectivity index (χ1n) is 5.29. The normalized spacial score (nSPS) is 11.5. The van der Waals surface area contributed by atoms with E-state index in [1.165, 1.54) is 6.07 Å². The molecule has 0 saturated heterocycles. The van der Waals surface area contributed by atoms with Crippen molar-refractivity contribution in [2.45, 2.75) is 18.7 Å². The second kappa shape index (κ2) is 6.00. The smallest absolute Gasteiger partial charge is 0.238 e. The van der Waals surface area contributed by atoms with Crippen molar-refractivity contribution in [1.82, 2.24) is 0 Å². The summed E-state index contributed by atoms with van der Waals surface area (Å²) in [5.74, 6) is 0.606. The molecule has 1 aromatic carbocycles. The van der Waals surface area contributed by atoms with Gasteiger partial charge < -0.3 is 9.47 Å². The molecule has 96 valence electrons. The third-order valence-electron chi connectivity index (χ3n) is 2.15. The molecular weight excluding hydrogens is 242 g/mol. The monoisotopic (exact) mass is 259 g/mol. The molecule has 1 aromatic rings. The van der Waals surface area contributed by atoms with E-state index in [9.17, 15) is 8.42 Å². The van der Waals surface area contributed by atoms with Gasteiger partial charge in [-0.15, -0.1) is 0 Å². The van der Waals surface area contributed by atoms with Crippen LogP contribution in [0.5, 0.6) is 5.75 Å². The molecule has 0 atom stereocenters. The van der Waals surface area contributed by atoms with E-state index in [1.54, 1.807) is 19.1 Å². The highest BCUT2D eigenvalue weighted by Gasteiger charge is 2.11. The first kappa shape index (κ1) is 14.0. The summed E-state index contributed by atoms with van der Waals surface area (Å²) in [5, 5.41) is 5.06. The molecule has 0 aromatic heterocycles. The fourth-order valence-corrected chi connectivity index (χ4v) is 2.16. The van der Waals surface area contributed by atoms with Crippen molar-refractivity contribution >= 4 is 10.0 Å². The van der Waals surface area contributed by atoms with E-state index in [-0.39, 0.29) is 4.90 Å². The van der Waals surface area contributed by atoms with Crippen molar-refractivity contribution in [2.75, 3.05) is 19.8 Å². The summed E-state index contributed by atoms with van der Waals surface area (Å²) in [6.45, 7) is 5.17. The number of aryl methyl sites for hydroxylation is 1. The lowest BCUT2D eigenvalue weighted by Gasteiger charge is -2.09. The summed E-state index contributed by atoms with van der Waals surface area (Å²) >= 11 is 0. The Morgan fingerprint density at radius 2 is 2.00 bits per heavy atom. The zero-order valence-electron chi connectivity index (χ0n) is 9.97. The van der Waals surface area contributed by atoms with E-state index in [0.717, 1.165) is 0 Å². The molecule has 17 heavy (non-hydrogen) atoms. The lowest BCUT2D eigenvalue weighted by molar-refractivity contribution is 0.110. The minimum atomic E-state index is -3.66. The van der Waals surface area contributed by atoms with E-state index >= 15 is 0 Å². The average molecular weight is 259 g/mol. The molecule has 2 N–H and O–H groups in total. The molecule has 5 nitrogen and oxygen atoms in total. The van der Waals surface area contributed by atoms with Gasteiger partial charge in [0.25, 0.3) is 0 Å². The van der Waals surface area contributed by atoms with E-state index in [2.05, 4.69) is 0 Å². The van der Waals surface area contributed by atoms with Crippen LogP contribution >= 0.6 is 0 Å². The first-order chi connectivity index (χ1) is 7.95. The predicted molar refractivity (Wildman–Crippen MR) is 64.5 cm³/mol. The number of ether oxygens (including phenoxy) is 2. The Morgan fingerprint density at radius 1 is 1.29 bits per heavy atom. The van der Waals surface area contributed by atoms with Crippen LogP contribution in [0.2, 0.25) is 0 Å². The topological polar surface area (TPSA) is 78.6 Å². The fourth-order valence-electron chi connectivity index (χ4n) is 1.39. The molecule has 0 radical (unpaired) electrons. The van der Waals surface area contributed by atoms with Gasteiger partial charge in [-0.1, -0.05) is 0 Å². The third kappa shape index (κ3) is 4.33. The van der Waals surface area contributed by atoms with Crippen molar-refractivity contribution in [3.05, 3.63) is 23.8 Å². The van der Waals surface area contributed by atoms with Crippen LogP contribution in [0.4, 0.5) is 0 Å². The van der Waals surface area contributed by atoms with Crippen molar-refractivity contribution in [2.24, 2.45) is 5.14 Å². The second-order valence-corrected chi connectivity index (χ2v) is 5.05. The summed E-state index contributed by atoms with van der Waals surface area (Å²) in [6.07, 6.45) is 0. The zero-order chi connectivity index (χ0) is 12.9. The Hall–Kier alpha value is -1.11. The van der Waals surface area contributed by atoms with Crippen LogP contribution in [-0.2, 0) is 14.8 Å². The van der Waals surface area contributed by atoms with Crippen molar-refractivity contribution < 1.29 is 17.9 Å². The van der Waals surface area contributed by atoms with E-state index < -0.39 is 10.0 Å². The minimum absolute atomic E-state index is 0.120. The highest BCUT2D eigenvalue weighted by Crippen LogP contribution is 2.19. The number of rotatable bonds is 6. The van der Waals surface area contributed by atoms with Crippen LogP contribution in [0.1, 0.15) is 12.5 Å². The Balaban J connectivity index is 2.70. The third-order valence-corrected chi connectivity index (χ3v) is 3.22. The van der Waals surface area contributed by atoms with Gasteiger partial charge in [-0.3, -0.25) is 0 Å². The first-order valence-corrected chi connectivity index (χ1v) is 6.83. The summed E-state index contributed by atoms with van der Waals surface area (Å²) in [5.41, 5.74) is 0.571. The number of sulfonamides is 1. The van der Waals surface area contributed by atoms with Crippen LogP contribution in [0.15, 0.2) is 23.1 Å². The van der Waals surface area contributed by atoms with Crippen molar-refractivity contribution in [1.29, 1.82) is 0 Å². The highest BCUT2D eigenvalue weighted by molar-refractivity contribution is 7.89. The molecule has 0 bridgehead atoms. The van der Waals surface area contributed by atoms with Gasteiger partial charge in [0, 0.05) is 6.61 Å². The molecular formula is C11H17NO4S. The SMILES string of the molecule is CCOCCOc1ccc(S(N)(=O)=O)c(C)c1. The van der Waals surface area contributed by atoms with E-state index in [4.69, 9.17) is 14.6 Å². The molecule has 0 saturated carbocycles. The fraction of sp³-hybridized carbons (Fsp3) is 0.455. The van der Waals surface area contributed by atoms with Gasteiger partial charge in [-0.2, -0.15) is 0 Å². The largest absolute Gasteiger partial charge is 0.491 e. The maximum atomic E-state index is 11.2. The zero-order valence-corrected chi connectivity index (χ0v) is 10.8. The molecule has 1 rings (SSSR count). The van der Waals surface area contributed by atoms with Crippen molar-refractivity contribution in [3.8, 4) is 5.75 Å². The van der Waals surface area contributed by atoms with Crippen LogP contribution in [-0.4, -0.2) is 28.2 Å². The minimum Gasteiger partial charge on any atom is -0.491 e. The molecule has 0 heterocycles. The molecule has 0 aliphatic rings. The van der Waals surface area contributed by atoms with Gasteiger partial charge in [-0.25, -0.2) is 13.6 Å². The van der Waals surface area contributed by atoms with Gasteiger partial charge in [0.05, 0.1) is 11.5 Å². The van der Waals surface area contributed by atoms with Crippen molar-refractivity contribution in [3.63, 3.8) is 0 Å². The number of benzene rings is 1. The van der Waals surface area contributed by atoms with Gasteiger partial charge >= 0.3 is 0 Å². The standard InChI is InChI=1S/C11H17NO4S/c1-3-15-6-7-16-10-4-5-11(9(2)8-10)17(12,13)14/h4-5,8H,3,6-7H2,1-2H3,(H2,12,13,14). The summed E-state index contributed by atoms with van der Waals surface area (Å²) in [6, 6.07) is 4.67.